The summed E-state index contributed by atoms with van der Waals surface area (Å²) in [6, 6.07) is 58.4. The molecule has 7 aromatic carbocycles. The third-order valence-corrected chi connectivity index (χ3v) is 11.8. The van der Waals surface area contributed by atoms with Gasteiger partial charge in [0.2, 0.25) is 0 Å². The minimum atomic E-state index is -0.0767. The van der Waals surface area contributed by atoms with Gasteiger partial charge in [-0.25, -0.2) is 15.0 Å². The molecular formula is C48H33N3S. The van der Waals surface area contributed by atoms with Crippen LogP contribution in [0, 0.1) is 0 Å². The Morgan fingerprint density at radius 1 is 0.385 bits per heavy atom. The first-order chi connectivity index (χ1) is 25.5. The van der Waals surface area contributed by atoms with Gasteiger partial charge in [-0.3, -0.25) is 0 Å². The van der Waals surface area contributed by atoms with Crippen molar-refractivity contribution in [3.8, 4) is 67.5 Å². The molecule has 0 fully saturated rings. The molecule has 0 N–H and O–H groups in total. The van der Waals surface area contributed by atoms with Crippen LogP contribution in [0.3, 0.4) is 0 Å². The molecule has 52 heavy (non-hydrogen) atoms. The van der Waals surface area contributed by atoms with E-state index in [1.807, 2.05) is 18.2 Å². The molecule has 0 saturated heterocycles. The number of hydrogen-bond acceptors (Lipinski definition) is 4. The van der Waals surface area contributed by atoms with Crippen molar-refractivity contribution in [1.82, 2.24) is 15.0 Å². The number of rotatable bonds is 5. The van der Waals surface area contributed by atoms with Gasteiger partial charge in [0.15, 0.2) is 17.5 Å². The SMILES string of the molecule is CC1(C)c2ccc(-c3ccccc3)cc2-c2cc(-c3cccc(-c4nc(-c5ccccc5)nc(-c5cccc6c5sc5ccccc56)n4)c3)ccc21. The molecule has 0 saturated carbocycles. The topological polar surface area (TPSA) is 38.7 Å². The van der Waals surface area contributed by atoms with Gasteiger partial charge in [-0.15, -0.1) is 11.3 Å². The standard InChI is InChI=1S/C48H33N3S/c1-48(2)41-25-23-33(30-13-5-3-6-14-30)28-39(41)40-29-34(24-26-42(40)48)32-17-11-18-35(27-32)46-49-45(31-15-7-4-8-16-31)50-47(51-46)38-21-12-20-37-36-19-9-10-22-43(36)52-44(37)38/h3-29H,1-2H3. The van der Waals surface area contributed by atoms with Crippen molar-refractivity contribution in [2.45, 2.75) is 19.3 Å². The molecule has 2 aromatic heterocycles. The second-order valence-electron chi connectivity index (χ2n) is 14.0. The van der Waals surface area contributed by atoms with Crippen molar-refractivity contribution in [3.63, 3.8) is 0 Å². The van der Waals surface area contributed by atoms with Crippen molar-refractivity contribution in [2.75, 3.05) is 0 Å². The van der Waals surface area contributed by atoms with Crippen LogP contribution < -0.4 is 0 Å². The van der Waals surface area contributed by atoms with Gasteiger partial charge in [0.25, 0.3) is 0 Å². The fourth-order valence-electron chi connectivity index (χ4n) is 7.86. The zero-order valence-electron chi connectivity index (χ0n) is 28.8. The van der Waals surface area contributed by atoms with Gasteiger partial charge in [-0.1, -0.05) is 147 Å². The molecule has 1 aliphatic carbocycles. The van der Waals surface area contributed by atoms with Crippen molar-refractivity contribution in [1.29, 1.82) is 0 Å². The first-order valence-electron chi connectivity index (χ1n) is 17.7. The highest BCUT2D eigenvalue weighted by molar-refractivity contribution is 7.26. The first-order valence-corrected chi connectivity index (χ1v) is 18.5. The Morgan fingerprint density at radius 3 is 1.63 bits per heavy atom. The van der Waals surface area contributed by atoms with E-state index in [-0.39, 0.29) is 5.41 Å². The molecule has 4 heteroatoms. The number of aromatic nitrogens is 3. The van der Waals surface area contributed by atoms with Gasteiger partial charge in [0.05, 0.1) is 0 Å². The second kappa shape index (κ2) is 11.9. The Balaban J connectivity index is 1.10. The van der Waals surface area contributed by atoms with E-state index in [1.54, 1.807) is 11.3 Å². The van der Waals surface area contributed by atoms with E-state index in [4.69, 9.17) is 15.0 Å². The van der Waals surface area contributed by atoms with E-state index in [1.165, 1.54) is 59.1 Å². The van der Waals surface area contributed by atoms with E-state index in [2.05, 4.69) is 159 Å². The summed E-state index contributed by atoms with van der Waals surface area (Å²) in [7, 11) is 0. The lowest BCUT2D eigenvalue weighted by atomic mass is 9.82. The van der Waals surface area contributed by atoms with E-state index in [9.17, 15) is 0 Å². The predicted molar refractivity (Wildman–Crippen MR) is 217 cm³/mol. The highest BCUT2D eigenvalue weighted by Gasteiger charge is 2.35. The largest absolute Gasteiger partial charge is 0.208 e. The lowest BCUT2D eigenvalue weighted by molar-refractivity contribution is 0.660. The van der Waals surface area contributed by atoms with Gasteiger partial charge >= 0.3 is 0 Å². The van der Waals surface area contributed by atoms with Crippen LogP contribution >= 0.6 is 11.3 Å². The summed E-state index contributed by atoms with van der Waals surface area (Å²) in [5, 5.41) is 2.48. The molecule has 0 radical (unpaired) electrons. The Hall–Kier alpha value is -6.23. The number of hydrogen-bond donors (Lipinski definition) is 0. The van der Waals surface area contributed by atoms with E-state index < -0.39 is 0 Å². The van der Waals surface area contributed by atoms with Crippen molar-refractivity contribution < 1.29 is 0 Å². The summed E-state index contributed by atoms with van der Waals surface area (Å²) in [5.41, 5.74) is 13.0. The first kappa shape index (κ1) is 30.6. The van der Waals surface area contributed by atoms with Crippen molar-refractivity contribution in [2.24, 2.45) is 0 Å². The number of nitrogens with zero attached hydrogens (tertiary/aromatic N) is 3. The fraction of sp³-hybridized carbons (Fsp3) is 0.0625. The fourth-order valence-corrected chi connectivity index (χ4v) is 9.07. The molecule has 0 amide bonds. The third-order valence-electron chi connectivity index (χ3n) is 10.5. The molecule has 246 valence electrons. The normalized spacial score (nSPS) is 13.0. The van der Waals surface area contributed by atoms with Crippen molar-refractivity contribution in [3.05, 3.63) is 175 Å². The van der Waals surface area contributed by atoms with Crippen LogP contribution in [0.4, 0.5) is 0 Å². The molecule has 2 heterocycles. The van der Waals surface area contributed by atoms with Gasteiger partial charge in [-0.2, -0.15) is 0 Å². The van der Waals surface area contributed by atoms with Crippen LogP contribution in [-0.2, 0) is 5.41 Å². The molecule has 3 nitrogen and oxygen atoms in total. The summed E-state index contributed by atoms with van der Waals surface area (Å²) >= 11 is 1.79. The summed E-state index contributed by atoms with van der Waals surface area (Å²) in [6.45, 7) is 4.67. The van der Waals surface area contributed by atoms with Gasteiger partial charge < -0.3 is 0 Å². The average Bonchev–Trinajstić information content (AvgIpc) is 3.70. The maximum absolute atomic E-state index is 5.18. The molecule has 0 aliphatic heterocycles. The molecular weight excluding hydrogens is 651 g/mol. The summed E-state index contributed by atoms with van der Waals surface area (Å²) < 4.78 is 2.44. The molecule has 9 aromatic rings. The monoisotopic (exact) mass is 683 g/mol. The van der Waals surface area contributed by atoms with Gasteiger partial charge in [0.1, 0.15) is 0 Å². The Bertz CT molecular complexity index is 2820. The minimum absolute atomic E-state index is 0.0767. The molecule has 0 bridgehead atoms. The quantitative estimate of drug-likeness (QED) is 0.181. The van der Waals surface area contributed by atoms with Crippen LogP contribution in [0.1, 0.15) is 25.0 Å². The smallest absolute Gasteiger partial charge is 0.165 e. The molecule has 10 rings (SSSR count). The summed E-state index contributed by atoms with van der Waals surface area (Å²) in [6.07, 6.45) is 0. The van der Waals surface area contributed by atoms with Gasteiger partial charge in [0, 0.05) is 42.3 Å². The van der Waals surface area contributed by atoms with Crippen molar-refractivity contribution >= 4 is 31.5 Å². The Labute approximate surface area is 307 Å². The predicted octanol–water partition coefficient (Wildman–Crippen LogP) is 12.9. The van der Waals surface area contributed by atoms with Gasteiger partial charge in [-0.05, 0) is 74.8 Å². The van der Waals surface area contributed by atoms with Crippen LogP contribution in [0.5, 0.6) is 0 Å². The zero-order chi connectivity index (χ0) is 34.8. The lowest BCUT2D eigenvalue weighted by Crippen LogP contribution is -2.14. The molecule has 0 unspecified atom stereocenters. The lowest BCUT2D eigenvalue weighted by Gasteiger charge is -2.21. The number of fused-ring (bicyclic) bond motifs is 6. The molecule has 0 spiro atoms. The molecule has 0 atom stereocenters. The minimum Gasteiger partial charge on any atom is -0.208 e. The maximum atomic E-state index is 5.18. The summed E-state index contributed by atoms with van der Waals surface area (Å²) in [4.78, 5) is 15.4. The second-order valence-corrected chi connectivity index (χ2v) is 15.1. The van der Waals surface area contributed by atoms with E-state index >= 15 is 0 Å². The third kappa shape index (κ3) is 4.98. The van der Waals surface area contributed by atoms with Crippen LogP contribution in [0.25, 0.3) is 87.7 Å². The van der Waals surface area contributed by atoms with E-state index in [0.717, 1.165) is 22.3 Å². The van der Waals surface area contributed by atoms with Crippen LogP contribution in [0.2, 0.25) is 0 Å². The van der Waals surface area contributed by atoms with E-state index in [0.29, 0.717) is 17.5 Å². The maximum Gasteiger partial charge on any atom is 0.165 e. The van der Waals surface area contributed by atoms with Crippen LogP contribution in [0.15, 0.2) is 164 Å². The zero-order valence-corrected chi connectivity index (χ0v) is 29.7. The average molecular weight is 684 g/mol. The highest BCUT2D eigenvalue weighted by Crippen LogP contribution is 2.50. The Kier molecular flexibility index (Phi) is 7.02. The number of benzene rings is 7. The molecule has 1 aliphatic rings. The van der Waals surface area contributed by atoms with Crippen LogP contribution in [-0.4, -0.2) is 15.0 Å². The Morgan fingerprint density at radius 2 is 0.904 bits per heavy atom. The summed E-state index contributed by atoms with van der Waals surface area (Å²) in [5.74, 6) is 2.00. The number of thiophene rings is 1. The highest BCUT2D eigenvalue weighted by atomic mass is 32.1.